The van der Waals surface area contributed by atoms with Crippen molar-refractivity contribution < 1.29 is 19.4 Å². The van der Waals surface area contributed by atoms with Crippen LogP contribution < -0.4 is 5.32 Å². The lowest BCUT2D eigenvalue weighted by Gasteiger charge is -2.27. The lowest BCUT2D eigenvalue weighted by Crippen LogP contribution is -2.40. The molecule has 20 heavy (non-hydrogen) atoms. The summed E-state index contributed by atoms with van der Waals surface area (Å²) in [5.41, 5.74) is 0.577. The summed E-state index contributed by atoms with van der Waals surface area (Å²) in [7, 11) is 0. The molecule has 108 valence electrons. The molecule has 0 radical (unpaired) electrons. The van der Waals surface area contributed by atoms with E-state index in [1.807, 2.05) is 13.0 Å². The van der Waals surface area contributed by atoms with Gasteiger partial charge in [0.1, 0.15) is 0 Å². The van der Waals surface area contributed by atoms with Gasteiger partial charge < -0.3 is 15.2 Å². The van der Waals surface area contributed by atoms with E-state index in [4.69, 9.17) is 4.74 Å². The lowest BCUT2D eigenvalue weighted by atomic mass is 9.94. The van der Waals surface area contributed by atoms with E-state index in [1.54, 1.807) is 24.3 Å². The van der Waals surface area contributed by atoms with Gasteiger partial charge in [-0.05, 0) is 25.3 Å². The summed E-state index contributed by atoms with van der Waals surface area (Å²) in [6.07, 6.45) is 1.31. The predicted octanol–water partition coefficient (Wildman–Crippen LogP) is 1.74. The van der Waals surface area contributed by atoms with Gasteiger partial charge in [0.05, 0.1) is 6.10 Å². The summed E-state index contributed by atoms with van der Waals surface area (Å²) in [5, 5.41) is 11.9. The van der Waals surface area contributed by atoms with Gasteiger partial charge in [0.2, 0.25) is 5.91 Å². The van der Waals surface area contributed by atoms with Crippen molar-refractivity contribution in [2.45, 2.75) is 31.9 Å². The average Bonchev–Trinajstić information content (AvgIpc) is 2.45. The third kappa shape index (κ3) is 3.57. The zero-order valence-corrected chi connectivity index (χ0v) is 11.4. The lowest BCUT2D eigenvalue weighted by molar-refractivity contribution is -0.143. The maximum Gasteiger partial charge on any atom is 0.330 e. The topological polar surface area (TPSA) is 75.6 Å². The van der Waals surface area contributed by atoms with Gasteiger partial charge in [0, 0.05) is 12.5 Å². The Morgan fingerprint density at radius 3 is 2.65 bits per heavy atom. The third-order valence-corrected chi connectivity index (χ3v) is 3.52. The molecule has 1 fully saturated rings. The molecule has 0 spiro atoms. The summed E-state index contributed by atoms with van der Waals surface area (Å²) in [4.78, 5) is 23.5. The Hall–Kier alpha value is -1.88. The van der Waals surface area contributed by atoms with Gasteiger partial charge in [-0.3, -0.25) is 4.79 Å². The van der Waals surface area contributed by atoms with Gasteiger partial charge in [-0.1, -0.05) is 30.3 Å². The normalized spacial score (nSPS) is 23.9. The Morgan fingerprint density at radius 2 is 2.05 bits per heavy atom. The highest BCUT2D eigenvalue weighted by Crippen LogP contribution is 2.22. The summed E-state index contributed by atoms with van der Waals surface area (Å²) in [5.74, 6) is -1.44. The van der Waals surface area contributed by atoms with Crippen LogP contribution in [0.25, 0.3) is 0 Å². The van der Waals surface area contributed by atoms with Crippen LogP contribution >= 0.6 is 0 Å². The van der Waals surface area contributed by atoms with Crippen molar-refractivity contribution in [3.05, 3.63) is 35.9 Å². The molecule has 0 saturated carbocycles. The molecule has 1 amide bonds. The molecule has 3 atom stereocenters. The number of benzene rings is 1. The van der Waals surface area contributed by atoms with Crippen molar-refractivity contribution in [1.82, 2.24) is 5.32 Å². The summed E-state index contributed by atoms with van der Waals surface area (Å²) >= 11 is 0. The first kappa shape index (κ1) is 14.5. The van der Waals surface area contributed by atoms with Crippen molar-refractivity contribution in [2.24, 2.45) is 5.92 Å². The van der Waals surface area contributed by atoms with Gasteiger partial charge in [-0.15, -0.1) is 0 Å². The van der Waals surface area contributed by atoms with E-state index in [0.717, 1.165) is 0 Å². The highest BCUT2D eigenvalue weighted by Gasteiger charge is 2.29. The maximum atomic E-state index is 12.2. The minimum atomic E-state index is -1.05. The molecule has 0 aliphatic carbocycles. The molecule has 2 unspecified atom stereocenters. The Morgan fingerprint density at radius 1 is 1.35 bits per heavy atom. The van der Waals surface area contributed by atoms with Crippen LogP contribution in [0.5, 0.6) is 0 Å². The number of carboxylic acids is 1. The van der Waals surface area contributed by atoms with Crippen LogP contribution in [-0.4, -0.2) is 29.7 Å². The molecule has 2 rings (SSSR count). The van der Waals surface area contributed by atoms with E-state index in [0.29, 0.717) is 25.0 Å². The van der Waals surface area contributed by atoms with E-state index >= 15 is 0 Å². The fourth-order valence-corrected chi connectivity index (χ4v) is 2.43. The number of aliphatic carboxylic acids is 1. The summed E-state index contributed by atoms with van der Waals surface area (Å²) in [6.45, 7) is 2.47. The van der Waals surface area contributed by atoms with Gasteiger partial charge in [-0.2, -0.15) is 0 Å². The predicted molar refractivity (Wildman–Crippen MR) is 73.1 cm³/mol. The Bertz CT molecular complexity index is 474. The van der Waals surface area contributed by atoms with Gasteiger partial charge in [-0.25, -0.2) is 4.79 Å². The zero-order valence-electron chi connectivity index (χ0n) is 11.4. The largest absolute Gasteiger partial charge is 0.479 e. The average molecular weight is 277 g/mol. The monoisotopic (exact) mass is 277 g/mol. The molecule has 5 nitrogen and oxygen atoms in total. The number of hydrogen-bond donors (Lipinski definition) is 2. The Labute approximate surface area is 117 Å². The van der Waals surface area contributed by atoms with Crippen LogP contribution in [0, 0.1) is 5.92 Å². The molecule has 2 N–H and O–H groups in total. The number of carbonyl (C=O) groups is 2. The zero-order chi connectivity index (χ0) is 14.5. The van der Waals surface area contributed by atoms with E-state index < -0.39 is 12.0 Å². The van der Waals surface area contributed by atoms with Crippen LogP contribution in [0.4, 0.5) is 0 Å². The van der Waals surface area contributed by atoms with Crippen molar-refractivity contribution >= 4 is 11.9 Å². The second-order valence-electron chi connectivity index (χ2n) is 5.09. The first-order valence-corrected chi connectivity index (χ1v) is 6.77. The van der Waals surface area contributed by atoms with E-state index in [2.05, 4.69) is 5.32 Å². The van der Waals surface area contributed by atoms with Crippen molar-refractivity contribution in [1.29, 1.82) is 0 Å². The molecule has 0 bridgehead atoms. The number of ether oxygens (including phenoxy) is 1. The Balaban J connectivity index is 2.05. The highest BCUT2D eigenvalue weighted by molar-refractivity contribution is 5.85. The van der Waals surface area contributed by atoms with Crippen molar-refractivity contribution in [3.63, 3.8) is 0 Å². The molecule has 5 heteroatoms. The molecule has 1 heterocycles. The minimum absolute atomic E-state index is 0.0412. The SMILES string of the molecule is CC1CC(C(=O)N[C@@H](C(=O)O)c2ccccc2)CCO1. The molecule has 0 aromatic heterocycles. The molecular weight excluding hydrogens is 258 g/mol. The van der Waals surface area contributed by atoms with E-state index in [-0.39, 0.29) is 17.9 Å². The third-order valence-electron chi connectivity index (χ3n) is 3.52. The molecule has 1 aromatic carbocycles. The molecule has 1 aliphatic rings. The van der Waals surface area contributed by atoms with Crippen LogP contribution in [0.1, 0.15) is 31.4 Å². The van der Waals surface area contributed by atoms with Gasteiger partial charge in [0.15, 0.2) is 6.04 Å². The van der Waals surface area contributed by atoms with E-state index in [9.17, 15) is 14.7 Å². The summed E-state index contributed by atoms with van der Waals surface area (Å²) in [6, 6.07) is 7.73. The van der Waals surface area contributed by atoms with Gasteiger partial charge in [0.25, 0.3) is 0 Å². The quantitative estimate of drug-likeness (QED) is 0.879. The standard InChI is InChI=1S/C15H19NO4/c1-10-9-12(7-8-20-10)14(17)16-13(15(18)19)11-5-3-2-4-6-11/h2-6,10,12-13H,7-9H2,1H3,(H,16,17)(H,18,19)/t10?,12?,13-/m1/s1. The van der Waals surface area contributed by atoms with Crippen molar-refractivity contribution in [2.75, 3.05) is 6.61 Å². The number of hydrogen-bond acceptors (Lipinski definition) is 3. The minimum Gasteiger partial charge on any atom is -0.479 e. The van der Waals surface area contributed by atoms with Crippen LogP contribution in [-0.2, 0) is 14.3 Å². The first-order chi connectivity index (χ1) is 9.58. The highest BCUT2D eigenvalue weighted by atomic mass is 16.5. The Kier molecular flexibility index (Phi) is 4.74. The fourth-order valence-electron chi connectivity index (χ4n) is 2.43. The second-order valence-corrected chi connectivity index (χ2v) is 5.09. The molecule has 1 saturated heterocycles. The smallest absolute Gasteiger partial charge is 0.330 e. The number of nitrogens with one attached hydrogen (secondary N) is 1. The van der Waals surface area contributed by atoms with Crippen LogP contribution in [0.3, 0.4) is 0 Å². The number of amides is 1. The van der Waals surface area contributed by atoms with Crippen LogP contribution in [0.2, 0.25) is 0 Å². The molecule has 1 aliphatic heterocycles. The fraction of sp³-hybridized carbons (Fsp3) is 0.467. The van der Waals surface area contributed by atoms with Crippen molar-refractivity contribution in [3.8, 4) is 0 Å². The molecular formula is C15H19NO4. The van der Waals surface area contributed by atoms with Crippen LogP contribution in [0.15, 0.2) is 30.3 Å². The van der Waals surface area contributed by atoms with E-state index in [1.165, 1.54) is 0 Å². The second kappa shape index (κ2) is 6.52. The van der Waals surface area contributed by atoms with Gasteiger partial charge >= 0.3 is 5.97 Å². The number of carbonyl (C=O) groups excluding carboxylic acids is 1. The first-order valence-electron chi connectivity index (χ1n) is 6.77. The molecule has 1 aromatic rings. The summed E-state index contributed by atoms with van der Waals surface area (Å²) < 4.78 is 5.40. The number of carboxylic acid groups (broad SMARTS) is 1. The maximum absolute atomic E-state index is 12.2. The number of rotatable bonds is 4.